The standard InChI is InChI=1S/C13H21N3O3S/c1-11(17)16(10-9-14-20(4,18)19)13-7-5-12(6-8-13)15(2)3/h5-8,14H,9-10H2,1-4H3. The Morgan fingerprint density at radius 3 is 2.05 bits per heavy atom. The van der Waals surface area contributed by atoms with Gasteiger partial charge in [0, 0.05) is 45.5 Å². The Morgan fingerprint density at radius 1 is 1.15 bits per heavy atom. The predicted molar refractivity (Wildman–Crippen MR) is 81.6 cm³/mol. The van der Waals surface area contributed by atoms with Crippen LogP contribution in [0.15, 0.2) is 24.3 Å². The van der Waals surface area contributed by atoms with Crippen molar-refractivity contribution in [3.63, 3.8) is 0 Å². The number of nitrogens with one attached hydrogen (secondary N) is 1. The van der Waals surface area contributed by atoms with Crippen LogP contribution >= 0.6 is 0 Å². The number of amides is 1. The van der Waals surface area contributed by atoms with E-state index < -0.39 is 10.0 Å². The van der Waals surface area contributed by atoms with Gasteiger partial charge < -0.3 is 9.80 Å². The van der Waals surface area contributed by atoms with Crippen LogP contribution in [-0.2, 0) is 14.8 Å². The third kappa shape index (κ3) is 5.18. The van der Waals surface area contributed by atoms with Crippen LogP contribution in [0.2, 0.25) is 0 Å². The molecule has 0 atom stereocenters. The second-order valence-electron chi connectivity index (χ2n) is 4.75. The zero-order valence-electron chi connectivity index (χ0n) is 12.3. The summed E-state index contributed by atoms with van der Waals surface area (Å²) in [5, 5.41) is 0. The summed E-state index contributed by atoms with van der Waals surface area (Å²) in [7, 11) is 0.636. The summed E-state index contributed by atoms with van der Waals surface area (Å²) in [6.45, 7) is 1.94. The van der Waals surface area contributed by atoms with E-state index in [0.29, 0.717) is 6.54 Å². The number of carbonyl (C=O) groups is 1. The van der Waals surface area contributed by atoms with Gasteiger partial charge in [-0.1, -0.05) is 0 Å². The van der Waals surface area contributed by atoms with Gasteiger partial charge in [0.05, 0.1) is 6.26 Å². The lowest BCUT2D eigenvalue weighted by molar-refractivity contribution is -0.116. The van der Waals surface area contributed by atoms with Crippen molar-refractivity contribution in [2.24, 2.45) is 0 Å². The van der Waals surface area contributed by atoms with Crippen molar-refractivity contribution < 1.29 is 13.2 Å². The molecule has 0 saturated heterocycles. The molecule has 1 aromatic rings. The average molecular weight is 299 g/mol. The van der Waals surface area contributed by atoms with E-state index in [9.17, 15) is 13.2 Å². The molecule has 0 aromatic heterocycles. The van der Waals surface area contributed by atoms with E-state index >= 15 is 0 Å². The van der Waals surface area contributed by atoms with E-state index in [0.717, 1.165) is 17.6 Å². The summed E-state index contributed by atoms with van der Waals surface area (Å²) in [5.41, 5.74) is 1.78. The molecule has 0 bridgehead atoms. The van der Waals surface area contributed by atoms with Crippen LogP contribution in [0.4, 0.5) is 11.4 Å². The fourth-order valence-corrected chi connectivity index (χ4v) is 2.20. The molecule has 112 valence electrons. The van der Waals surface area contributed by atoms with Gasteiger partial charge in [0.1, 0.15) is 0 Å². The topological polar surface area (TPSA) is 69.7 Å². The minimum Gasteiger partial charge on any atom is -0.378 e. The first kappa shape index (κ1) is 16.5. The number of carbonyl (C=O) groups excluding carboxylic acids is 1. The van der Waals surface area contributed by atoms with Crippen molar-refractivity contribution in [1.82, 2.24) is 4.72 Å². The van der Waals surface area contributed by atoms with Gasteiger partial charge in [-0.3, -0.25) is 4.79 Å². The van der Waals surface area contributed by atoms with Crippen molar-refractivity contribution in [3.8, 4) is 0 Å². The molecule has 6 nitrogen and oxygen atoms in total. The van der Waals surface area contributed by atoms with E-state index in [1.54, 1.807) is 0 Å². The van der Waals surface area contributed by atoms with Gasteiger partial charge in [0.25, 0.3) is 0 Å². The summed E-state index contributed by atoms with van der Waals surface area (Å²) >= 11 is 0. The van der Waals surface area contributed by atoms with Gasteiger partial charge in [-0.25, -0.2) is 13.1 Å². The number of rotatable bonds is 6. The molecule has 0 unspecified atom stereocenters. The highest BCUT2D eigenvalue weighted by Crippen LogP contribution is 2.19. The first-order valence-electron chi connectivity index (χ1n) is 6.21. The van der Waals surface area contributed by atoms with Crippen LogP contribution in [0.3, 0.4) is 0 Å². The first-order chi connectivity index (χ1) is 9.20. The van der Waals surface area contributed by atoms with E-state index in [2.05, 4.69) is 4.72 Å². The lowest BCUT2D eigenvalue weighted by Crippen LogP contribution is -2.37. The molecule has 0 fully saturated rings. The van der Waals surface area contributed by atoms with Gasteiger partial charge >= 0.3 is 0 Å². The lowest BCUT2D eigenvalue weighted by Gasteiger charge is -2.22. The minimum atomic E-state index is -3.24. The summed E-state index contributed by atoms with van der Waals surface area (Å²) in [6, 6.07) is 7.51. The van der Waals surface area contributed by atoms with Crippen molar-refractivity contribution in [2.45, 2.75) is 6.92 Å². The second kappa shape index (κ2) is 6.71. The third-order valence-electron chi connectivity index (χ3n) is 2.76. The largest absolute Gasteiger partial charge is 0.378 e. The molecule has 1 rings (SSSR count). The van der Waals surface area contributed by atoms with Crippen LogP contribution in [0.5, 0.6) is 0 Å². The molecule has 20 heavy (non-hydrogen) atoms. The van der Waals surface area contributed by atoms with Crippen LogP contribution in [0, 0.1) is 0 Å². The minimum absolute atomic E-state index is 0.127. The van der Waals surface area contributed by atoms with Gasteiger partial charge in [-0.05, 0) is 24.3 Å². The number of sulfonamides is 1. The molecule has 0 spiro atoms. The van der Waals surface area contributed by atoms with E-state index in [1.807, 2.05) is 43.3 Å². The molecule has 0 heterocycles. The molecule has 0 saturated carbocycles. The number of anilines is 2. The van der Waals surface area contributed by atoms with E-state index in [-0.39, 0.29) is 12.5 Å². The molecule has 0 aliphatic rings. The average Bonchev–Trinajstić information content (AvgIpc) is 2.33. The summed E-state index contributed by atoms with van der Waals surface area (Å²) < 4.78 is 24.4. The fraction of sp³-hybridized carbons (Fsp3) is 0.462. The second-order valence-corrected chi connectivity index (χ2v) is 6.58. The van der Waals surface area contributed by atoms with Crippen molar-refractivity contribution in [1.29, 1.82) is 0 Å². The SMILES string of the molecule is CC(=O)N(CCNS(C)(=O)=O)c1ccc(N(C)C)cc1. The summed E-state index contributed by atoms with van der Waals surface area (Å²) in [5.74, 6) is -0.127. The smallest absolute Gasteiger partial charge is 0.223 e. The summed E-state index contributed by atoms with van der Waals surface area (Å²) in [6.07, 6.45) is 1.09. The maximum absolute atomic E-state index is 11.7. The molecule has 7 heteroatoms. The number of benzene rings is 1. The quantitative estimate of drug-likeness (QED) is 0.837. The normalized spacial score (nSPS) is 11.2. The monoisotopic (exact) mass is 299 g/mol. The summed E-state index contributed by atoms with van der Waals surface area (Å²) in [4.78, 5) is 15.2. The van der Waals surface area contributed by atoms with Crippen LogP contribution in [0.25, 0.3) is 0 Å². The molecular weight excluding hydrogens is 278 g/mol. The van der Waals surface area contributed by atoms with Crippen LogP contribution in [0.1, 0.15) is 6.92 Å². The van der Waals surface area contributed by atoms with Crippen LogP contribution < -0.4 is 14.5 Å². The van der Waals surface area contributed by atoms with E-state index in [4.69, 9.17) is 0 Å². The van der Waals surface area contributed by atoms with Crippen LogP contribution in [-0.4, -0.2) is 47.8 Å². The van der Waals surface area contributed by atoms with Gasteiger partial charge in [-0.15, -0.1) is 0 Å². The first-order valence-corrected chi connectivity index (χ1v) is 8.10. The highest BCUT2D eigenvalue weighted by atomic mass is 32.2. The Hall–Kier alpha value is -1.60. The number of nitrogens with zero attached hydrogens (tertiary/aromatic N) is 2. The Kier molecular flexibility index (Phi) is 5.52. The molecule has 0 aliphatic heterocycles. The van der Waals surface area contributed by atoms with Crippen molar-refractivity contribution in [2.75, 3.05) is 43.2 Å². The fourth-order valence-electron chi connectivity index (χ4n) is 1.74. The van der Waals surface area contributed by atoms with Gasteiger partial charge in [0.2, 0.25) is 15.9 Å². The Balaban J connectivity index is 2.78. The Bertz CT molecular complexity index is 553. The van der Waals surface area contributed by atoms with Crippen molar-refractivity contribution >= 4 is 27.3 Å². The lowest BCUT2D eigenvalue weighted by atomic mass is 10.2. The maximum atomic E-state index is 11.7. The highest BCUT2D eigenvalue weighted by Gasteiger charge is 2.12. The molecule has 0 radical (unpaired) electrons. The maximum Gasteiger partial charge on any atom is 0.223 e. The Labute approximate surface area is 120 Å². The molecule has 1 aromatic carbocycles. The number of hydrogen-bond donors (Lipinski definition) is 1. The molecule has 1 amide bonds. The van der Waals surface area contributed by atoms with Gasteiger partial charge in [0.15, 0.2) is 0 Å². The predicted octanol–water partition coefficient (Wildman–Crippen LogP) is 0.655. The molecular formula is C13H21N3O3S. The zero-order chi connectivity index (χ0) is 15.3. The van der Waals surface area contributed by atoms with E-state index in [1.165, 1.54) is 11.8 Å². The molecule has 0 aliphatic carbocycles. The number of hydrogen-bond acceptors (Lipinski definition) is 4. The van der Waals surface area contributed by atoms with Gasteiger partial charge in [-0.2, -0.15) is 0 Å². The third-order valence-corrected chi connectivity index (χ3v) is 3.49. The molecule has 1 N–H and O–H groups in total. The zero-order valence-corrected chi connectivity index (χ0v) is 13.1. The van der Waals surface area contributed by atoms with Crippen molar-refractivity contribution in [3.05, 3.63) is 24.3 Å². The Morgan fingerprint density at radius 2 is 1.65 bits per heavy atom. The highest BCUT2D eigenvalue weighted by molar-refractivity contribution is 7.88.